The molecule has 0 fully saturated rings. The first-order valence-electron chi connectivity index (χ1n) is 5.63. The van der Waals surface area contributed by atoms with Crippen LogP contribution in [0.4, 0.5) is 8.78 Å². The molecule has 0 radical (unpaired) electrons. The van der Waals surface area contributed by atoms with Gasteiger partial charge in [-0.15, -0.1) is 10.2 Å². The molecule has 2 heterocycles. The van der Waals surface area contributed by atoms with E-state index in [1.165, 1.54) is 12.1 Å². The Morgan fingerprint density at radius 3 is 2.82 bits per heavy atom. The van der Waals surface area contributed by atoms with E-state index >= 15 is 0 Å². The van der Waals surface area contributed by atoms with Gasteiger partial charge in [0.15, 0.2) is 5.82 Å². The Kier molecular flexibility index (Phi) is 2.39. The van der Waals surface area contributed by atoms with Crippen LogP contribution in [0.25, 0.3) is 11.4 Å². The van der Waals surface area contributed by atoms with Gasteiger partial charge in [-0.2, -0.15) is 0 Å². The number of aryl methyl sites for hydroxylation is 1. The van der Waals surface area contributed by atoms with E-state index < -0.39 is 11.6 Å². The molecule has 1 aromatic heterocycles. The first kappa shape index (κ1) is 10.4. The molecule has 17 heavy (non-hydrogen) atoms. The van der Waals surface area contributed by atoms with Gasteiger partial charge in [-0.25, -0.2) is 8.78 Å². The van der Waals surface area contributed by atoms with Crippen LogP contribution in [-0.2, 0) is 13.0 Å². The molecule has 1 aliphatic heterocycles. The summed E-state index contributed by atoms with van der Waals surface area (Å²) in [5, 5.41) is 8.06. The van der Waals surface area contributed by atoms with Gasteiger partial charge in [-0.05, 0) is 25.0 Å². The summed E-state index contributed by atoms with van der Waals surface area (Å²) in [6.07, 6.45) is 3.00. The summed E-state index contributed by atoms with van der Waals surface area (Å²) < 4.78 is 28.4. The lowest BCUT2D eigenvalue weighted by molar-refractivity contribution is 0.523. The molecule has 1 aliphatic rings. The van der Waals surface area contributed by atoms with E-state index in [2.05, 4.69) is 10.2 Å². The molecule has 3 rings (SSSR count). The Bertz CT molecular complexity index is 563. The molecule has 0 saturated carbocycles. The summed E-state index contributed by atoms with van der Waals surface area (Å²) in [7, 11) is 0. The summed E-state index contributed by atoms with van der Waals surface area (Å²) in [5.74, 6) is 0.211. The molecule has 0 aliphatic carbocycles. The Labute approximate surface area is 97.1 Å². The average Bonchev–Trinajstić information content (AvgIpc) is 2.73. The summed E-state index contributed by atoms with van der Waals surface area (Å²) in [6.45, 7) is 0.800. The zero-order chi connectivity index (χ0) is 11.8. The van der Waals surface area contributed by atoms with Crippen LogP contribution in [0.3, 0.4) is 0 Å². The van der Waals surface area contributed by atoms with Crippen LogP contribution >= 0.6 is 0 Å². The van der Waals surface area contributed by atoms with Gasteiger partial charge in [-0.3, -0.25) is 0 Å². The molecule has 88 valence electrons. The van der Waals surface area contributed by atoms with Crippen LogP contribution in [0.5, 0.6) is 0 Å². The zero-order valence-electron chi connectivity index (χ0n) is 9.16. The van der Waals surface area contributed by atoms with E-state index in [4.69, 9.17) is 0 Å². The first-order chi connectivity index (χ1) is 8.25. The van der Waals surface area contributed by atoms with Crippen LogP contribution in [0.1, 0.15) is 18.7 Å². The van der Waals surface area contributed by atoms with Gasteiger partial charge in [0.2, 0.25) is 0 Å². The lowest BCUT2D eigenvalue weighted by Crippen LogP contribution is -2.11. The van der Waals surface area contributed by atoms with E-state index in [0.29, 0.717) is 11.4 Å². The van der Waals surface area contributed by atoms with Crippen molar-refractivity contribution < 1.29 is 8.78 Å². The van der Waals surface area contributed by atoms with Crippen molar-refractivity contribution in [2.45, 2.75) is 25.8 Å². The maximum absolute atomic E-state index is 13.7. The second kappa shape index (κ2) is 3.91. The molecule has 3 nitrogen and oxygen atoms in total. The van der Waals surface area contributed by atoms with Crippen LogP contribution in [0.15, 0.2) is 18.2 Å². The zero-order valence-corrected chi connectivity index (χ0v) is 9.16. The average molecular weight is 235 g/mol. The van der Waals surface area contributed by atoms with E-state index in [9.17, 15) is 8.78 Å². The van der Waals surface area contributed by atoms with E-state index in [1.807, 2.05) is 4.57 Å². The van der Waals surface area contributed by atoms with Crippen LogP contribution in [0.2, 0.25) is 0 Å². The lowest BCUT2D eigenvalue weighted by Gasteiger charge is -2.14. The molecule has 0 atom stereocenters. The third-order valence-corrected chi connectivity index (χ3v) is 3.03. The molecule has 1 aromatic carbocycles. The molecule has 0 N–H and O–H groups in total. The maximum Gasteiger partial charge on any atom is 0.166 e. The highest BCUT2D eigenvalue weighted by atomic mass is 19.1. The van der Waals surface area contributed by atoms with Crippen molar-refractivity contribution in [1.29, 1.82) is 0 Å². The molecule has 5 heteroatoms. The second-order valence-corrected chi connectivity index (χ2v) is 4.17. The number of fused-ring (bicyclic) bond motifs is 1. The highest BCUT2D eigenvalue weighted by Gasteiger charge is 2.19. The fraction of sp³-hybridized carbons (Fsp3) is 0.333. The molecule has 0 saturated heterocycles. The topological polar surface area (TPSA) is 30.7 Å². The van der Waals surface area contributed by atoms with Gasteiger partial charge in [-0.1, -0.05) is 0 Å². The van der Waals surface area contributed by atoms with Gasteiger partial charge in [0.1, 0.15) is 17.5 Å². The van der Waals surface area contributed by atoms with E-state index in [-0.39, 0.29) is 0 Å². The number of hydrogen-bond donors (Lipinski definition) is 0. The lowest BCUT2D eigenvalue weighted by atomic mass is 10.1. The third kappa shape index (κ3) is 1.71. The normalized spacial score (nSPS) is 14.7. The number of rotatable bonds is 1. The minimum absolute atomic E-state index is 0.312. The van der Waals surface area contributed by atoms with E-state index in [1.54, 1.807) is 0 Å². The van der Waals surface area contributed by atoms with Gasteiger partial charge < -0.3 is 4.57 Å². The fourth-order valence-corrected chi connectivity index (χ4v) is 2.18. The molecular weight excluding hydrogens is 224 g/mol. The Hall–Kier alpha value is -1.78. The van der Waals surface area contributed by atoms with Crippen molar-refractivity contribution in [2.24, 2.45) is 0 Å². The number of aromatic nitrogens is 3. The van der Waals surface area contributed by atoms with Gasteiger partial charge in [0.05, 0.1) is 5.56 Å². The Morgan fingerprint density at radius 1 is 1.12 bits per heavy atom. The van der Waals surface area contributed by atoms with Crippen molar-refractivity contribution in [3.05, 3.63) is 35.7 Å². The van der Waals surface area contributed by atoms with Crippen molar-refractivity contribution in [2.75, 3.05) is 0 Å². The first-order valence-corrected chi connectivity index (χ1v) is 5.63. The van der Waals surface area contributed by atoms with Crippen LogP contribution < -0.4 is 0 Å². The third-order valence-electron chi connectivity index (χ3n) is 3.03. The number of benzene rings is 1. The molecule has 0 amide bonds. The predicted molar refractivity (Wildman–Crippen MR) is 58.3 cm³/mol. The number of nitrogens with zero attached hydrogens (tertiary/aromatic N) is 3. The highest BCUT2D eigenvalue weighted by Crippen LogP contribution is 2.25. The summed E-state index contributed by atoms with van der Waals surface area (Å²) in [5.41, 5.74) is 0.312. The minimum atomic E-state index is -0.592. The quantitative estimate of drug-likeness (QED) is 0.760. The summed E-state index contributed by atoms with van der Waals surface area (Å²) in [4.78, 5) is 0. The second-order valence-electron chi connectivity index (χ2n) is 4.17. The van der Waals surface area contributed by atoms with Crippen molar-refractivity contribution in [1.82, 2.24) is 14.8 Å². The van der Waals surface area contributed by atoms with Crippen molar-refractivity contribution in [3.8, 4) is 11.4 Å². The molecule has 0 spiro atoms. The number of halogens is 2. The van der Waals surface area contributed by atoms with Gasteiger partial charge in [0.25, 0.3) is 0 Å². The molecule has 0 unspecified atom stereocenters. The van der Waals surface area contributed by atoms with Gasteiger partial charge in [0, 0.05) is 19.0 Å². The number of hydrogen-bond acceptors (Lipinski definition) is 2. The summed E-state index contributed by atoms with van der Waals surface area (Å²) in [6, 6.07) is 3.53. The highest BCUT2D eigenvalue weighted by molar-refractivity contribution is 5.56. The van der Waals surface area contributed by atoms with Gasteiger partial charge >= 0.3 is 0 Å². The van der Waals surface area contributed by atoms with E-state index in [0.717, 1.165) is 37.7 Å². The molecule has 0 bridgehead atoms. The standard InChI is InChI=1S/C12H11F2N3/c13-8-4-5-9(10(14)7-8)12-16-15-11-3-1-2-6-17(11)12/h4-5,7H,1-3,6H2. The van der Waals surface area contributed by atoms with Crippen molar-refractivity contribution >= 4 is 0 Å². The van der Waals surface area contributed by atoms with Crippen molar-refractivity contribution in [3.63, 3.8) is 0 Å². The Morgan fingerprint density at radius 2 is 2.00 bits per heavy atom. The summed E-state index contributed by atoms with van der Waals surface area (Å²) >= 11 is 0. The van der Waals surface area contributed by atoms with Crippen LogP contribution in [-0.4, -0.2) is 14.8 Å². The molecule has 2 aromatic rings. The Balaban J connectivity index is 2.12. The predicted octanol–water partition coefficient (Wildman–Crippen LogP) is 2.56. The van der Waals surface area contributed by atoms with Crippen LogP contribution in [0, 0.1) is 11.6 Å². The fourth-order valence-electron chi connectivity index (χ4n) is 2.18. The smallest absolute Gasteiger partial charge is 0.166 e. The monoisotopic (exact) mass is 235 g/mol. The largest absolute Gasteiger partial charge is 0.311 e. The minimum Gasteiger partial charge on any atom is -0.311 e. The SMILES string of the molecule is Fc1ccc(-c2nnc3n2CCCC3)c(F)c1. The molecular formula is C12H11F2N3. The maximum atomic E-state index is 13.7.